The Morgan fingerprint density at radius 2 is 1.77 bits per heavy atom. The normalized spacial score (nSPS) is 16.8. The molecule has 0 radical (unpaired) electrons. The Bertz CT molecular complexity index is 626. The molecule has 1 aromatic rings. The first-order valence-electron chi connectivity index (χ1n) is 9.65. The summed E-state index contributed by atoms with van der Waals surface area (Å²) in [4.78, 5) is 23.8. The molecule has 1 aliphatic heterocycles. The van der Waals surface area contributed by atoms with Crippen molar-refractivity contribution in [3.8, 4) is 11.5 Å². The van der Waals surface area contributed by atoms with Crippen molar-refractivity contribution < 1.29 is 19.1 Å². The van der Waals surface area contributed by atoms with Gasteiger partial charge in [0.15, 0.2) is 11.5 Å². The van der Waals surface area contributed by atoms with Gasteiger partial charge in [-0.2, -0.15) is 0 Å². The van der Waals surface area contributed by atoms with E-state index in [0.29, 0.717) is 19.6 Å². The zero-order valence-corrected chi connectivity index (χ0v) is 15.2. The molecule has 3 rings (SSSR count). The lowest BCUT2D eigenvalue weighted by Crippen LogP contribution is -2.42. The third kappa shape index (κ3) is 5.64. The van der Waals surface area contributed by atoms with E-state index in [0.717, 1.165) is 42.7 Å². The highest BCUT2D eigenvalue weighted by atomic mass is 16.6. The monoisotopic (exact) mass is 360 g/mol. The number of carbonyl (C=O) groups excluding carboxylic acids is 2. The number of amides is 2. The van der Waals surface area contributed by atoms with Gasteiger partial charge in [0.05, 0.1) is 6.54 Å². The minimum absolute atomic E-state index is 0.0688. The van der Waals surface area contributed by atoms with E-state index < -0.39 is 0 Å². The number of rotatable bonds is 7. The van der Waals surface area contributed by atoms with Crippen LogP contribution in [0.1, 0.15) is 50.5 Å². The molecule has 1 saturated carbocycles. The zero-order chi connectivity index (χ0) is 18.2. The highest BCUT2D eigenvalue weighted by Crippen LogP contribution is 2.31. The van der Waals surface area contributed by atoms with Gasteiger partial charge in [0, 0.05) is 12.5 Å². The third-order valence-electron chi connectivity index (χ3n) is 4.89. The fourth-order valence-electron chi connectivity index (χ4n) is 3.49. The molecule has 0 atom stereocenters. The van der Waals surface area contributed by atoms with Crippen LogP contribution >= 0.6 is 0 Å². The van der Waals surface area contributed by atoms with Crippen molar-refractivity contribution in [1.29, 1.82) is 0 Å². The molecule has 6 nitrogen and oxygen atoms in total. The van der Waals surface area contributed by atoms with Gasteiger partial charge in [-0.1, -0.05) is 25.3 Å². The van der Waals surface area contributed by atoms with Crippen LogP contribution in [0, 0.1) is 0 Å². The number of ether oxygens (including phenoxy) is 2. The molecule has 1 aromatic carbocycles. The SMILES string of the molecule is O=C(CCCc1ccc2c(c1)OCCO2)NCC(=O)NC1CCCCC1. The lowest BCUT2D eigenvalue weighted by molar-refractivity contribution is -0.126. The number of fused-ring (bicyclic) bond motifs is 1. The van der Waals surface area contributed by atoms with Gasteiger partial charge in [0.2, 0.25) is 11.8 Å². The maximum absolute atomic E-state index is 11.9. The lowest BCUT2D eigenvalue weighted by Gasteiger charge is -2.22. The number of hydrogen-bond donors (Lipinski definition) is 2. The van der Waals surface area contributed by atoms with Crippen molar-refractivity contribution in [2.24, 2.45) is 0 Å². The fraction of sp³-hybridized carbons (Fsp3) is 0.600. The number of hydrogen-bond acceptors (Lipinski definition) is 4. The predicted octanol–water partition coefficient (Wildman–Crippen LogP) is 2.35. The molecule has 2 amide bonds. The molecule has 6 heteroatoms. The third-order valence-corrected chi connectivity index (χ3v) is 4.89. The largest absolute Gasteiger partial charge is 0.486 e. The molecule has 2 N–H and O–H groups in total. The van der Waals surface area contributed by atoms with Crippen LogP contribution in [0.2, 0.25) is 0 Å². The van der Waals surface area contributed by atoms with Crippen molar-refractivity contribution in [3.05, 3.63) is 23.8 Å². The van der Waals surface area contributed by atoms with Crippen LogP contribution in [0.25, 0.3) is 0 Å². The smallest absolute Gasteiger partial charge is 0.239 e. The Hall–Kier alpha value is -2.24. The van der Waals surface area contributed by atoms with E-state index in [1.165, 1.54) is 19.3 Å². The Labute approximate surface area is 154 Å². The van der Waals surface area contributed by atoms with Crippen LogP contribution in [0.15, 0.2) is 18.2 Å². The van der Waals surface area contributed by atoms with E-state index in [4.69, 9.17) is 9.47 Å². The average molecular weight is 360 g/mol. The first-order chi connectivity index (χ1) is 12.7. The summed E-state index contributed by atoms with van der Waals surface area (Å²) >= 11 is 0. The maximum Gasteiger partial charge on any atom is 0.239 e. The second-order valence-corrected chi connectivity index (χ2v) is 7.01. The summed E-state index contributed by atoms with van der Waals surface area (Å²) < 4.78 is 11.1. The molecule has 26 heavy (non-hydrogen) atoms. The van der Waals surface area contributed by atoms with Gasteiger partial charge >= 0.3 is 0 Å². The van der Waals surface area contributed by atoms with Crippen molar-refractivity contribution in [2.75, 3.05) is 19.8 Å². The number of carbonyl (C=O) groups is 2. The molecular formula is C20H28N2O4. The van der Waals surface area contributed by atoms with Gasteiger partial charge in [-0.05, 0) is 43.4 Å². The van der Waals surface area contributed by atoms with Crippen molar-refractivity contribution in [2.45, 2.75) is 57.4 Å². The van der Waals surface area contributed by atoms with E-state index in [2.05, 4.69) is 10.6 Å². The summed E-state index contributed by atoms with van der Waals surface area (Å²) in [6.45, 7) is 1.22. The average Bonchev–Trinajstić information content (AvgIpc) is 2.67. The standard InChI is InChI=1S/C20H28N2O4/c23-19(21-14-20(24)22-16-6-2-1-3-7-16)8-4-5-15-9-10-17-18(13-15)26-12-11-25-17/h9-10,13,16H,1-8,11-12,14H2,(H,21,23)(H,22,24). The number of nitrogens with one attached hydrogen (secondary N) is 2. The Balaban J connectivity index is 1.32. The van der Waals surface area contributed by atoms with Gasteiger partial charge in [-0.15, -0.1) is 0 Å². The number of aryl methyl sites for hydroxylation is 1. The Morgan fingerprint density at radius 3 is 2.58 bits per heavy atom. The summed E-state index contributed by atoms with van der Waals surface area (Å²) in [6.07, 6.45) is 7.64. The van der Waals surface area contributed by atoms with E-state index in [-0.39, 0.29) is 24.4 Å². The highest BCUT2D eigenvalue weighted by molar-refractivity contribution is 5.84. The molecule has 2 aliphatic rings. The van der Waals surface area contributed by atoms with Crippen LogP contribution in [0.3, 0.4) is 0 Å². The zero-order valence-electron chi connectivity index (χ0n) is 15.2. The molecule has 142 valence electrons. The first-order valence-corrected chi connectivity index (χ1v) is 9.65. The van der Waals surface area contributed by atoms with Gasteiger partial charge in [0.25, 0.3) is 0 Å². The summed E-state index contributed by atoms with van der Waals surface area (Å²) in [5.41, 5.74) is 1.12. The maximum atomic E-state index is 11.9. The first kappa shape index (κ1) is 18.5. The minimum atomic E-state index is -0.0860. The lowest BCUT2D eigenvalue weighted by atomic mass is 9.95. The second kappa shape index (κ2) is 9.46. The quantitative estimate of drug-likeness (QED) is 0.782. The van der Waals surface area contributed by atoms with Crippen molar-refractivity contribution in [3.63, 3.8) is 0 Å². The summed E-state index contributed by atoms with van der Waals surface area (Å²) in [6, 6.07) is 6.18. The highest BCUT2D eigenvalue weighted by Gasteiger charge is 2.16. The molecular weight excluding hydrogens is 332 g/mol. The molecule has 0 bridgehead atoms. The van der Waals surface area contributed by atoms with E-state index in [9.17, 15) is 9.59 Å². The van der Waals surface area contributed by atoms with Gasteiger partial charge < -0.3 is 20.1 Å². The fourth-order valence-corrected chi connectivity index (χ4v) is 3.49. The van der Waals surface area contributed by atoms with Crippen LogP contribution < -0.4 is 20.1 Å². The second-order valence-electron chi connectivity index (χ2n) is 7.01. The van der Waals surface area contributed by atoms with E-state index in [1.54, 1.807) is 0 Å². The Morgan fingerprint density at radius 1 is 1.00 bits per heavy atom. The Kier molecular flexibility index (Phi) is 6.75. The van der Waals surface area contributed by atoms with Crippen LogP contribution in [0.4, 0.5) is 0 Å². The summed E-state index contributed by atoms with van der Waals surface area (Å²) in [7, 11) is 0. The van der Waals surface area contributed by atoms with Gasteiger partial charge in [0.1, 0.15) is 13.2 Å². The predicted molar refractivity (Wildman–Crippen MR) is 98.4 cm³/mol. The van der Waals surface area contributed by atoms with Crippen molar-refractivity contribution in [1.82, 2.24) is 10.6 Å². The molecule has 0 unspecified atom stereocenters. The summed E-state index contributed by atoms with van der Waals surface area (Å²) in [5, 5.41) is 5.72. The summed E-state index contributed by atoms with van der Waals surface area (Å²) in [5.74, 6) is 1.39. The minimum Gasteiger partial charge on any atom is -0.486 e. The van der Waals surface area contributed by atoms with Gasteiger partial charge in [-0.25, -0.2) is 0 Å². The van der Waals surface area contributed by atoms with E-state index in [1.807, 2.05) is 18.2 Å². The molecule has 0 spiro atoms. The molecule has 1 aliphatic carbocycles. The number of benzene rings is 1. The topological polar surface area (TPSA) is 76.7 Å². The molecule has 0 aromatic heterocycles. The van der Waals surface area contributed by atoms with Gasteiger partial charge in [-0.3, -0.25) is 9.59 Å². The van der Waals surface area contributed by atoms with Crippen molar-refractivity contribution >= 4 is 11.8 Å². The van der Waals surface area contributed by atoms with Crippen LogP contribution in [-0.2, 0) is 16.0 Å². The van der Waals surface area contributed by atoms with Crippen LogP contribution in [0.5, 0.6) is 11.5 Å². The molecule has 1 heterocycles. The molecule has 1 fully saturated rings. The van der Waals surface area contributed by atoms with Crippen LogP contribution in [-0.4, -0.2) is 37.6 Å². The molecule has 0 saturated heterocycles. The van der Waals surface area contributed by atoms with E-state index >= 15 is 0 Å².